The van der Waals surface area contributed by atoms with Crippen LogP contribution in [0.1, 0.15) is 86.0 Å². The first-order valence-electron chi connectivity index (χ1n) is 7.04. The van der Waals surface area contributed by atoms with Gasteiger partial charge in [-0.2, -0.15) is 0 Å². The van der Waals surface area contributed by atoms with E-state index in [1.165, 1.54) is 51.4 Å². The Hall–Kier alpha value is 0. The zero-order chi connectivity index (χ0) is 11.7. The molecule has 0 saturated heterocycles. The fourth-order valence-electron chi connectivity index (χ4n) is 2.56. The summed E-state index contributed by atoms with van der Waals surface area (Å²) in [4.78, 5) is 0. The van der Waals surface area contributed by atoms with Crippen molar-refractivity contribution >= 4 is 0 Å². The summed E-state index contributed by atoms with van der Waals surface area (Å²) in [7, 11) is 0. The van der Waals surface area contributed by atoms with Gasteiger partial charge in [0.25, 0.3) is 0 Å². The number of hydrogen-bond donors (Lipinski definition) is 0. The van der Waals surface area contributed by atoms with Gasteiger partial charge in [0.2, 0.25) is 0 Å². The molecule has 1 unspecified atom stereocenters. The summed E-state index contributed by atoms with van der Waals surface area (Å²) in [5.74, 6) is 0.852. The molecule has 0 heteroatoms. The minimum atomic E-state index is 0.611. The van der Waals surface area contributed by atoms with E-state index in [9.17, 15) is 0 Å². The molecule has 0 aliphatic rings. The maximum absolute atomic E-state index is 2.48. The van der Waals surface area contributed by atoms with E-state index in [2.05, 4.69) is 34.6 Å². The molecule has 0 fully saturated rings. The first-order chi connectivity index (χ1) is 7.04. The fraction of sp³-hybridized carbons (Fsp3) is 1.00. The van der Waals surface area contributed by atoms with Crippen LogP contribution >= 0.6 is 0 Å². The lowest BCUT2D eigenvalue weighted by atomic mass is 9.76. The average Bonchev–Trinajstić information content (AvgIpc) is 2.16. The van der Waals surface area contributed by atoms with Crippen molar-refractivity contribution in [1.82, 2.24) is 0 Å². The van der Waals surface area contributed by atoms with E-state index in [-0.39, 0.29) is 0 Å². The quantitative estimate of drug-likeness (QED) is 0.423. The van der Waals surface area contributed by atoms with Crippen LogP contribution in [0.5, 0.6) is 0 Å². The van der Waals surface area contributed by atoms with Crippen molar-refractivity contribution in [3.63, 3.8) is 0 Å². The molecule has 92 valence electrons. The van der Waals surface area contributed by atoms with Gasteiger partial charge in [-0.15, -0.1) is 0 Å². The molecule has 0 N–H and O–H groups in total. The Morgan fingerprint density at radius 2 is 1.53 bits per heavy atom. The minimum Gasteiger partial charge on any atom is -0.0654 e. The summed E-state index contributed by atoms with van der Waals surface area (Å²) in [6, 6.07) is 0. The molecule has 0 bridgehead atoms. The van der Waals surface area contributed by atoms with Gasteiger partial charge in [-0.25, -0.2) is 0 Å². The summed E-state index contributed by atoms with van der Waals surface area (Å²) in [5.41, 5.74) is 0.611. The fourth-order valence-corrected chi connectivity index (χ4v) is 2.56. The Bertz CT molecular complexity index is 137. The average molecular weight is 212 g/mol. The van der Waals surface area contributed by atoms with Gasteiger partial charge >= 0.3 is 0 Å². The summed E-state index contributed by atoms with van der Waals surface area (Å²) in [5, 5.41) is 0. The second-order valence-electron chi connectivity index (χ2n) is 5.93. The van der Waals surface area contributed by atoms with Gasteiger partial charge in [-0.1, -0.05) is 73.1 Å². The maximum atomic E-state index is 2.48. The van der Waals surface area contributed by atoms with E-state index < -0.39 is 0 Å². The van der Waals surface area contributed by atoms with Gasteiger partial charge in [0, 0.05) is 0 Å². The molecule has 0 radical (unpaired) electrons. The molecule has 15 heavy (non-hydrogen) atoms. The highest BCUT2D eigenvalue weighted by Crippen LogP contribution is 2.35. The first-order valence-corrected chi connectivity index (χ1v) is 7.04. The summed E-state index contributed by atoms with van der Waals surface area (Å²) >= 11 is 0. The Labute approximate surface area is 97.8 Å². The highest BCUT2D eigenvalue weighted by Gasteiger charge is 2.22. The molecule has 0 amide bonds. The zero-order valence-corrected chi connectivity index (χ0v) is 11.7. The Morgan fingerprint density at radius 1 is 0.933 bits per heavy atom. The monoisotopic (exact) mass is 212 g/mol. The highest BCUT2D eigenvalue weighted by molar-refractivity contribution is 4.74. The Kier molecular flexibility index (Phi) is 8.19. The van der Waals surface area contributed by atoms with E-state index >= 15 is 0 Å². The Morgan fingerprint density at radius 3 is 2.00 bits per heavy atom. The lowest BCUT2D eigenvalue weighted by molar-refractivity contribution is 0.218. The molecule has 0 aliphatic carbocycles. The van der Waals surface area contributed by atoms with E-state index in [1.54, 1.807) is 0 Å². The van der Waals surface area contributed by atoms with Crippen LogP contribution in [0.2, 0.25) is 0 Å². The SMILES string of the molecule is CCCCCCCC(C)(CC)CC(C)C. The van der Waals surface area contributed by atoms with Gasteiger partial charge in [-0.05, 0) is 24.2 Å². The molecule has 0 saturated carbocycles. The standard InChI is InChI=1S/C15H32/c1-6-8-9-10-11-12-15(5,7-2)13-14(3)4/h14H,6-13H2,1-5H3. The van der Waals surface area contributed by atoms with Crippen molar-refractivity contribution < 1.29 is 0 Å². The smallest absolute Gasteiger partial charge is 0.0326 e. The zero-order valence-electron chi connectivity index (χ0n) is 11.7. The normalized spacial score (nSPS) is 15.6. The molecular formula is C15H32. The first kappa shape index (κ1) is 15.0. The molecule has 0 aromatic carbocycles. The van der Waals surface area contributed by atoms with E-state index in [0.717, 1.165) is 5.92 Å². The van der Waals surface area contributed by atoms with Gasteiger partial charge in [0.1, 0.15) is 0 Å². The molecule has 0 aromatic rings. The van der Waals surface area contributed by atoms with Gasteiger partial charge in [0.15, 0.2) is 0 Å². The third-order valence-corrected chi connectivity index (χ3v) is 3.64. The largest absolute Gasteiger partial charge is 0.0654 e. The third-order valence-electron chi connectivity index (χ3n) is 3.64. The van der Waals surface area contributed by atoms with Crippen LogP contribution in [-0.4, -0.2) is 0 Å². The van der Waals surface area contributed by atoms with Crippen LogP contribution in [0.3, 0.4) is 0 Å². The lowest BCUT2D eigenvalue weighted by Gasteiger charge is -2.30. The van der Waals surface area contributed by atoms with Crippen molar-refractivity contribution in [2.45, 2.75) is 86.0 Å². The molecule has 0 rings (SSSR count). The van der Waals surface area contributed by atoms with E-state index in [0.29, 0.717) is 5.41 Å². The molecule has 0 aromatic heterocycles. The van der Waals surface area contributed by atoms with Gasteiger partial charge in [0.05, 0.1) is 0 Å². The summed E-state index contributed by atoms with van der Waals surface area (Å²) in [6.07, 6.45) is 11.3. The van der Waals surface area contributed by atoms with Gasteiger partial charge in [-0.3, -0.25) is 0 Å². The Balaban J connectivity index is 3.68. The third kappa shape index (κ3) is 7.88. The molecule has 1 atom stereocenters. The van der Waals surface area contributed by atoms with Crippen LogP contribution in [0.25, 0.3) is 0 Å². The van der Waals surface area contributed by atoms with Crippen LogP contribution in [0.15, 0.2) is 0 Å². The van der Waals surface area contributed by atoms with E-state index in [1.807, 2.05) is 0 Å². The van der Waals surface area contributed by atoms with Crippen molar-refractivity contribution in [3.8, 4) is 0 Å². The van der Waals surface area contributed by atoms with Gasteiger partial charge < -0.3 is 0 Å². The second-order valence-corrected chi connectivity index (χ2v) is 5.93. The molecular weight excluding hydrogens is 180 g/mol. The maximum Gasteiger partial charge on any atom is -0.0326 e. The highest BCUT2D eigenvalue weighted by atomic mass is 14.3. The van der Waals surface area contributed by atoms with Crippen molar-refractivity contribution in [2.24, 2.45) is 11.3 Å². The molecule has 0 nitrogen and oxygen atoms in total. The number of unbranched alkanes of at least 4 members (excludes halogenated alkanes) is 4. The predicted molar refractivity (Wildman–Crippen MR) is 71.2 cm³/mol. The van der Waals surface area contributed by atoms with Crippen molar-refractivity contribution in [1.29, 1.82) is 0 Å². The topological polar surface area (TPSA) is 0 Å². The van der Waals surface area contributed by atoms with Crippen LogP contribution in [-0.2, 0) is 0 Å². The van der Waals surface area contributed by atoms with Crippen LogP contribution in [0.4, 0.5) is 0 Å². The second kappa shape index (κ2) is 8.19. The lowest BCUT2D eigenvalue weighted by Crippen LogP contribution is -2.17. The van der Waals surface area contributed by atoms with Crippen molar-refractivity contribution in [3.05, 3.63) is 0 Å². The van der Waals surface area contributed by atoms with Crippen LogP contribution < -0.4 is 0 Å². The predicted octanol–water partition coefficient (Wildman–Crippen LogP) is 5.81. The minimum absolute atomic E-state index is 0.611. The molecule has 0 spiro atoms. The summed E-state index contributed by atoms with van der Waals surface area (Å²) < 4.78 is 0. The van der Waals surface area contributed by atoms with Crippen LogP contribution in [0, 0.1) is 11.3 Å². The number of hydrogen-bond acceptors (Lipinski definition) is 0. The van der Waals surface area contributed by atoms with Crippen molar-refractivity contribution in [2.75, 3.05) is 0 Å². The molecule has 0 heterocycles. The molecule has 0 aliphatic heterocycles. The number of rotatable bonds is 9. The summed E-state index contributed by atoms with van der Waals surface area (Å²) in [6.45, 7) is 11.8. The van der Waals surface area contributed by atoms with E-state index in [4.69, 9.17) is 0 Å².